The molecule has 4 aromatic rings. The molecule has 4 aromatic carbocycles. The van der Waals surface area contributed by atoms with Crippen LogP contribution < -0.4 is 14.4 Å². The van der Waals surface area contributed by atoms with Gasteiger partial charge < -0.3 is 15.0 Å². The zero-order chi connectivity index (χ0) is 31.5. The molecular formula is C35H39N3O5S. The van der Waals surface area contributed by atoms with Crippen LogP contribution in [0, 0.1) is 0 Å². The minimum atomic E-state index is -4.16. The fraction of sp³-hybridized carbons (Fsp3) is 0.257. The highest BCUT2D eigenvalue weighted by molar-refractivity contribution is 7.92. The minimum Gasteiger partial charge on any atom is -0.494 e. The molecule has 0 bridgehead atoms. The second-order valence-electron chi connectivity index (χ2n) is 10.6. The van der Waals surface area contributed by atoms with Gasteiger partial charge in [0.15, 0.2) is 0 Å². The first kappa shape index (κ1) is 32.3. The number of nitrogens with one attached hydrogen (secondary N) is 1. The van der Waals surface area contributed by atoms with Gasteiger partial charge in [0.1, 0.15) is 18.3 Å². The Hall–Kier alpha value is -4.63. The molecule has 0 heterocycles. The number of carbonyl (C=O) groups is 2. The SMILES string of the molecule is CCOc1ccc(N(CC(=O)N(Cc2ccccc2)[C@H](Cc2ccccc2)C(=O)NC(C)C)S(=O)(=O)c2ccccc2)cc1. The van der Waals surface area contributed by atoms with Gasteiger partial charge in [-0.15, -0.1) is 0 Å². The Kier molecular flexibility index (Phi) is 11.2. The molecule has 8 nitrogen and oxygen atoms in total. The summed E-state index contributed by atoms with van der Waals surface area (Å²) in [7, 11) is -4.16. The second kappa shape index (κ2) is 15.2. The summed E-state index contributed by atoms with van der Waals surface area (Å²) in [5, 5.41) is 2.96. The third kappa shape index (κ3) is 8.48. The van der Waals surface area contributed by atoms with Gasteiger partial charge in [0.25, 0.3) is 10.0 Å². The van der Waals surface area contributed by atoms with Crippen molar-refractivity contribution in [1.29, 1.82) is 0 Å². The van der Waals surface area contributed by atoms with Crippen LogP contribution in [0.2, 0.25) is 0 Å². The smallest absolute Gasteiger partial charge is 0.264 e. The lowest BCUT2D eigenvalue weighted by molar-refractivity contribution is -0.140. The minimum absolute atomic E-state index is 0.0506. The average Bonchev–Trinajstić information content (AvgIpc) is 3.03. The Morgan fingerprint density at radius 2 is 1.32 bits per heavy atom. The van der Waals surface area contributed by atoms with Crippen molar-refractivity contribution >= 4 is 27.5 Å². The van der Waals surface area contributed by atoms with Crippen LogP contribution in [0.1, 0.15) is 31.9 Å². The van der Waals surface area contributed by atoms with Crippen molar-refractivity contribution in [2.75, 3.05) is 17.5 Å². The van der Waals surface area contributed by atoms with E-state index in [4.69, 9.17) is 4.74 Å². The summed E-state index contributed by atoms with van der Waals surface area (Å²) >= 11 is 0. The van der Waals surface area contributed by atoms with E-state index in [1.54, 1.807) is 42.5 Å². The molecule has 0 aliphatic rings. The largest absolute Gasteiger partial charge is 0.494 e. The maximum absolute atomic E-state index is 14.4. The van der Waals surface area contributed by atoms with Crippen LogP contribution in [0.4, 0.5) is 5.69 Å². The molecule has 0 fully saturated rings. The van der Waals surface area contributed by atoms with Gasteiger partial charge in [-0.1, -0.05) is 78.9 Å². The summed E-state index contributed by atoms with van der Waals surface area (Å²) in [5.74, 6) is -0.243. The van der Waals surface area contributed by atoms with E-state index in [9.17, 15) is 18.0 Å². The van der Waals surface area contributed by atoms with Gasteiger partial charge in [-0.3, -0.25) is 13.9 Å². The van der Waals surface area contributed by atoms with Crippen LogP contribution in [0.25, 0.3) is 0 Å². The van der Waals surface area contributed by atoms with Gasteiger partial charge in [0, 0.05) is 19.0 Å². The summed E-state index contributed by atoms with van der Waals surface area (Å²) < 4.78 is 34.7. The first-order chi connectivity index (χ1) is 21.2. The van der Waals surface area contributed by atoms with E-state index in [1.165, 1.54) is 17.0 Å². The quantitative estimate of drug-likeness (QED) is 0.204. The molecule has 0 saturated heterocycles. The van der Waals surface area contributed by atoms with Gasteiger partial charge in [-0.25, -0.2) is 8.42 Å². The first-order valence-corrected chi connectivity index (χ1v) is 16.1. The highest BCUT2D eigenvalue weighted by Gasteiger charge is 2.34. The van der Waals surface area contributed by atoms with Crippen molar-refractivity contribution in [2.24, 2.45) is 0 Å². The number of sulfonamides is 1. The predicted octanol–water partition coefficient (Wildman–Crippen LogP) is 5.45. The molecular weight excluding hydrogens is 574 g/mol. The van der Waals surface area contributed by atoms with Crippen molar-refractivity contribution in [3.8, 4) is 5.75 Å². The monoisotopic (exact) mass is 613 g/mol. The second-order valence-corrected chi connectivity index (χ2v) is 12.5. The number of amides is 2. The number of hydrogen-bond acceptors (Lipinski definition) is 5. The van der Waals surface area contributed by atoms with Crippen molar-refractivity contribution in [2.45, 2.75) is 50.7 Å². The van der Waals surface area contributed by atoms with E-state index in [0.29, 0.717) is 18.0 Å². The van der Waals surface area contributed by atoms with Crippen LogP contribution in [0.5, 0.6) is 5.75 Å². The predicted molar refractivity (Wildman–Crippen MR) is 173 cm³/mol. The summed E-state index contributed by atoms with van der Waals surface area (Å²) in [6.07, 6.45) is 0.256. The van der Waals surface area contributed by atoms with E-state index in [2.05, 4.69) is 5.32 Å². The molecule has 0 saturated carbocycles. The summed E-state index contributed by atoms with van der Waals surface area (Å²) in [4.78, 5) is 29.7. The number of anilines is 1. The van der Waals surface area contributed by atoms with E-state index < -0.39 is 28.5 Å². The Labute approximate surface area is 260 Å². The molecule has 44 heavy (non-hydrogen) atoms. The van der Waals surface area contributed by atoms with Gasteiger partial charge in [0.05, 0.1) is 17.2 Å². The highest BCUT2D eigenvalue weighted by atomic mass is 32.2. The number of rotatable bonds is 14. The van der Waals surface area contributed by atoms with Crippen LogP contribution in [-0.2, 0) is 32.6 Å². The van der Waals surface area contributed by atoms with Crippen LogP contribution >= 0.6 is 0 Å². The average molecular weight is 614 g/mol. The summed E-state index contributed by atoms with van der Waals surface area (Å²) in [6.45, 7) is 5.65. The lowest BCUT2D eigenvalue weighted by atomic mass is 10.0. The normalized spacial score (nSPS) is 11.9. The summed E-state index contributed by atoms with van der Waals surface area (Å²) in [6, 6.07) is 32.4. The molecule has 1 N–H and O–H groups in total. The maximum Gasteiger partial charge on any atom is 0.264 e. The third-order valence-electron chi connectivity index (χ3n) is 6.94. The van der Waals surface area contributed by atoms with Crippen LogP contribution in [0.3, 0.4) is 0 Å². The fourth-order valence-corrected chi connectivity index (χ4v) is 6.27. The molecule has 0 aliphatic heterocycles. The molecule has 2 amide bonds. The van der Waals surface area contributed by atoms with Gasteiger partial charge in [0.2, 0.25) is 11.8 Å². The van der Waals surface area contributed by atoms with Gasteiger partial charge >= 0.3 is 0 Å². The number of hydrogen-bond donors (Lipinski definition) is 1. The number of nitrogens with zero attached hydrogens (tertiary/aromatic N) is 2. The number of ether oxygens (including phenoxy) is 1. The van der Waals surface area contributed by atoms with E-state index in [-0.39, 0.29) is 29.8 Å². The van der Waals surface area contributed by atoms with E-state index in [0.717, 1.165) is 15.4 Å². The van der Waals surface area contributed by atoms with Gasteiger partial charge in [-0.05, 0) is 68.3 Å². The lowest BCUT2D eigenvalue weighted by Gasteiger charge is -2.34. The fourth-order valence-electron chi connectivity index (χ4n) is 4.84. The molecule has 0 aliphatic carbocycles. The topological polar surface area (TPSA) is 96.0 Å². The Morgan fingerprint density at radius 1 is 0.773 bits per heavy atom. The zero-order valence-electron chi connectivity index (χ0n) is 25.3. The van der Waals surface area contributed by atoms with Crippen LogP contribution in [-0.4, -0.2) is 50.4 Å². The Bertz CT molecular complexity index is 1600. The molecule has 1 atom stereocenters. The Balaban J connectivity index is 1.78. The first-order valence-electron chi connectivity index (χ1n) is 14.7. The molecule has 0 radical (unpaired) electrons. The summed E-state index contributed by atoms with van der Waals surface area (Å²) in [5.41, 5.74) is 1.99. The third-order valence-corrected chi connectivity index (χ3v) is 8.73. The lowest BCUT2D eigenvalue weighted by Crippen LogP contribution is -2.54. The number of carbonyl (C=O) groups excluding carboxylic acids is 2. The molecule has 0 spiro atoms. The van der Waals surface area contributed by atoms with Crippen molar-refractivity contribution < 1.29 is 22.7 Å². The zero-order valence-corrected chi connectivity index (χ0v) is 26.1. The molecule has 9 heteroatoms. The number of benzene rings is 4. The Morgan fingerprint density at radius 3 is 1.86 bits per heavy atom. The standard InChI is InChI=1S/C35H39N3O5S/c1-4-43-31-22-20-30(21-23-31)38(44(41,42)32-18-12-7-13-19-32)26-34(39)37(25-29-16-10-6-11-17-29)33(35(40)36-27(2)3)24-28-14-8-5-9-15-28/h5-23,27,33H,4,24-26H2,1-3H3,(H,36,40)/t33-/m1/s1. The van der Waals surface area contributed by atoms with Crippen molar-refractivity contribution in [3.05, 3.63) is 126 Å². The van der Waals surface area contributed by atoms with Crippen molar-refractivity contribution in [3.63, 3.8) is 0 Å². The van der Waals surface area contributed by atoms with Crippen molar-refractivity contribution in [1.82, 2.24) is 10.2 Å². The molecule has 0 unspecified atom stereocenters. The molecule has 230 valence electrons. The molecule has 0 aromatic heterocycles. The maximum atomic E-state index is 14.4. The van der Waals surface area contributed by atoms with E-state index in [1.807, 2.05) is 81.4 Å². The highest BCUT2D eigenvalue weighted by Crippen LogP contribution is 2.27. The van der Waals surface area contributed by atoms with Crippen LogP contribution in [0.15, 0.2) is 120 Å². The van der Waals surface area contributed by atoms with Gasteiger partial charge in [-0.2, -0.15) is 0 Å². The van der Waals surface area contributed by atoms with E-state index >= 15 is 0 Å². The molecule has 4 rings (SSSR count).